The second-order valence-corrected chi connectivity index (χ2v) is 4.96. The van der Waals surface area contributed by atoms with E-state index in [0.717, 1.165) is 12.1 Å². The van der Waals surface area contributed by atoms with Crippen LogP contribution in [0.4, 0.5) is 20.2 Å². The Morgan fingerprint density at radius 1 is 1.20 bits per heavy atom. The summed E-state index contributed by atoms with van der Waals surface area (Å²) in [5.41, 5.74) is 0.239. The van der Waals surface area contributed by atoms with Crippen molar-refractivity contribution < 1.29 is 13.7 Å². The fourth-order valence-electron chi connectivity index (χ4n) is 1.64. The lowest BCUT2D eigenvalue weighted by molar-refractivity contribution is -0.385. The summed E-state index contributed by atoms with van der Waals surface area (Å²) >= 11 is 3.14. The molecule has 20 heavy (non-hydrogen) atoms. The number of halogens is 3. The molecule has 0 spiro atoms. The van der Waals surface area contributed by atoms with Gasteiger partial charge in [-0.25, -0.2) is 8.78 Å². The Kier molecular flexibility index (Phi) is 4.29. The summed E-state index contributed by atoms with van der Waals surface area (Å²) in [6, 6.07) is 7.69. The molecule has 0 amide bonds. The molecule has 0 radical (unpaired) electrons. The molecule has 1 N–H and O–H groups in total. The van der Waals surface area contributed by atoms with E-state index in [-0.39, 0.29) is 17.9 Å². The first-order valence-electron chi connectivity index (χ1n) is 5.58. The van der Waals surface area contributed by atoms with E-state index >= 15 is 0 Å². The van der Waals surface area contributed by atoms with Crippen LogP contribution in [-0.4, -0.2) is 4.92 Å². The van der Waals surface area contributed by atoms with Crippen molar-refractivity contribution in [2.75, 3.05) is 5.32 Å². The first kappa shape index (κ1) is 14.4. The third kappa shape index (κ3) is 3.51. The summed E-state index contributed by atoms with van der Waals surface area (Å²) in [6.45, 7) is 0.0969. The lowest BCUT2D eigenvalue weighted by Crippen LogP contribution is -2.03. The molecule has 0 aliphatic carbocycles. The highest BCUT2D eigenvalue weighted by atomic mass is 79.9. The number of nitrogens with one attached hydrogen (secondary N) is 1. The molecule has 0 saturated heterocycles. The van der Waals surface area contributed by atoms with Crippen LogP contribution < -0.4 is 5.32 Å². The standard InChI is InChI=1S/C13H9BrF2N2O2/c14-9-2-1-8(13(16)3-9)7-17-11-4-10(15)5-12(6-11)18(19)20/h1-6,17H,7H2. The highest BCUT2D eigenvalue weighted by Crippen LogP contribution is 2.21. The molecule has 0 atom stereocenters. The molecule has 0 bridgehead atoms. The van der Waals surface area contributed by atoms with Crippen LogP contribution in [0.25, 0.3) is 0 Å². The Hall–Kier alpha value is -2.02. The number of nitrogens with zero attached hydrogens (tertiary/aromatic N) is 1. The SMILES string of the molecule is O=[N+]([O-])c1cc(F)cc(NCc2ccc(Br)cc2F)c1. The largest absolute Gasteiger partial charge is 0.381 e. The van der Waals surface area contributed by atoms with Gasteiger partial charge >= 0.3 is 0 Å². The lowest BCUT2D eigenvalue weighted by atomic mass is 10.2. The van der Waals surface area contributed by atoms with Crippen molar-refractivity contribution in [3.05, 3.63) is 68.2 Å². The van der Waals surface area contributed by atoms with Crippen molar-refractivity contribution in [1.82, 2.24) is 0 Å². The van der Waals surface area contributed by atoms with E-state index < -0.39 is 16.6 Å². The number of rotatable bonds is 4. The van der Waals surface area contributed by atoms with E-state index in [1.165, 1.54) is 12.1 Å². The molecule has 0 heterocycles. The van der Waals surface area contributed by atoms with Crippen molar-refractivity contribution in [3.8, 4) is 0 Å². The van der Waals surface area contributed by atoms with E-state index in [9.17, 15) is 18.9 Å². The minimum atomic E-state index is -0.724. The monoisotopic (exact) mass is 342 g/mol. The third-order valence-corrected chi connectivity index (χ3v) is 3.08. The highest BCUT2D eigenvalue weighted by Gasteiger charge is 2.10. The second-order valence-electron chi connectivity index (χ2n) is 4.04. The molecule has 2 rings (SSSR count). The fraction of sp³-hybridized carbons (Fsp3) is 0.0769. The Balaban J connectivity index is 2.16. The maximum Gasteiger partial charge on any atom is 0.274 e. The predicted octanol–water partition coefficient (Wildman–Crippen LogP) is 4.25. The van der Waals surface area contributed by atoms with E-state index in [2.05, 4.69) is 21.2 Å². The molecule has 104 valence electrons. The van der Waals surface area contributed by atoms with Gasteiger partial charge in [0.25, 0.3) is 5.69 Å². The minimum absolute atomic E-state index is 0.0969. The van der Waals surface area contributed by atoms with Gasteiger partial charge in [0.2, 0.25) is 0 Å². The first-order valence-corrected chi connectivity index (χ1v) is 6.38. The summed E-state index contributed by atoms with van der Waals surface area (Å²) in [5.74, 6) is -1.14. The zero-order chi connectivity index (χ0) is 14.7. The van der Waals surface area contributed by atoms with Crippen LogP contribution in [0.1, 0.15) is 5.56 Å². The molecular formula is C13H9BrF2N2O2. The van der Waals surface area contributed by atoms with Crippen molar-refractivity contribution in [2.45, 2.75) is 6.54 Å². The Labute approximate surface area is 121 Å². The van der Waals surface area contributed by atoms with Crippen molar-refractivity contribution in [3.63, 3.8) is 0 Å². The molecule has 2 aromatic rings. The first-order chi connectivity index (χ1) is 9.45. The topological polar surface area (TPSA) is 55.2 Å². The molecule has 0 unspecified atom stereocenters. The molecule has 0 fully saturated rings. The van der Waals surface area contributed by atoms with E-state index in [0.29, 0.717) is 10.0 Å². The highest BCUT2D eigenvalue weighted by molar-refractivity contribution is 9.10. The molecule has 0 aliphatic rings. The van der Waals surface area contributed by atoms with Gasteiger partial charge in [-0.2, -0.15) is 0 Å². The minimum Gasteiger partial charge on any atom is -0.381 e. The number of hydrogen-bond donors (Lipinski definition) is 1. The maximum absolute atomic E-state index is 13.6. The molecule has 0 aliphatic heterocycles. The zero-order valence-electron chi connectivity index (χ0n) is 10.1. The molecular weight excluding hydrogens is 334 g/mol. The van der Waals surface area contributed by atoms with Gasteiger partial charge in [-0.3, -0.25) is 10.1 Å². The average molecular weight is 343 g/mol. The van der Waals surface area contributed by atoms with Crippen molar-refractivity contribution >= 4 is 27.3 Å². The van der Waals surface area contributed by atoms with Gasteiger partial charge in [0.05, 0.1) is 11.0 Å². The normalized spacial score (nSPS) is 10.3. The summed E-state index contributed by atoms with van der Waals surface area (Å²) in [7, 11) is 0. The van der Waals surface area contributed by atoms with Crippen LogP contribution in [0, 0.1) is 21.7 Å². The van der Waals surface area contributed by atoms with E-state index in [1.807, 2.05) is 0 Å². The van der Waals surface area contributed by atoms with Crippen LogP contribution in [0.2, 0.25) is 0 Å². The Morgan fingerprint density at radius 3 is 2.60 bits per heavy atom. The van der Waals surface area contributed by atoms with Gasteiger partial charge in [-0.1, -0.05) is 22.0 Å². The van der Waals surface area contributed by atoms with Crippen LogP contribution >= 0.6 is 15.9 Å². The Morgan fingerprint density at radius 2 is 1.95 bits per heavy atom. The summed E-state index contributed by atoms with van der Waals surface area (Å²) < 4.78 is 27.4. The summed E-state index contributed by atoms with van der Waals surface area (Å²) in [6.07, 6.45) is 0. The van der Waals surface area contributed by atoms with E-state index in [4.69, 9.17) is 0 Å². The summed E-state index contributed by atoms with van der Waals surface area (Å²) in [5, 5.41) is 13.4. The number of nitro groups is 1. The maximum atomic E-state index is 13.6. The quantitative estimate of drug-likeness (QED) is 0.667. The van der Waals surface area contributed by atoms with Crippen molar-refractivity contribution in [2.24, 2.45) is 0 Å². The van der Waals surface area contributed by atoms with Crippen molar-refractivity contribution in [1.29, 1.82) is 0 Å². The number of hydrogen-bond acceptors (Lipinski definition) is 3. The fourth-order valence-corrected chi connectivity index (χ4v) is 1.98. The van der Waals surface area contributed by atoms with Gasteiger partial charge in [-0.05, 0) is 18.2 Å². The average Bonchev–Trinajstić information content (AvgIpc) is 2.37. The van der Waals surface area contributed by atoms with Crippen LogP contribution in [0.3, 0.4) is 0 Å². The van der Waals surface area contributed by atoms with Gasteiger partial charge in [0.15, 0.2) is 0 Å². The number of anilines is 1. The smallest absolute Gasteiger partial charge is 0.274 e. The zero-order valence-corrected chi connectivity index (χ0v) is 11.7. The number of non-ortho nitro benzene ring substituents is 1. The third-order valence-electron chi connectivity index (χ3n) is 2.59. The molecule has 2 aromatic carbocycles. The van der Waals surface area contributed by atoms with Gasteiger partial charge in [-0.15, -0.1) is 0 Å². The van der Waals surface area contributed by atoms with Gasteiger partial charge in [0, 0.05) is 28.3 Å². The molecule has 0 saturated carbocycles. The predicted molar refractivity (Wildman–Crippen MR) is 74.5 cm³/mol. The molecule has 4 nitrogen and oxygen atoms in total. The number of benzene rings is 2. The van der Waals surface area contributed by atoms with Crippen LogP contribution in [-0.2, 0) is 6.54 Å². The van der Waals surface area contributed by atoms with Crippen LogP contribution in [0.5, 0.6) is 0 Å². The second kappa shape index (κ2) is 5.96. The van der Waals surface area contributed by atoms with Gasteiger partial charge < -0.3 is 5.32 Å². The summed E-state index contributed by atoms with van der Waals surface area (Å²) in [4.78, 5) is 9.93. The Bertz CT molecular complexity index is 665. The van der Waals surface area contributed by atoms with Crippen LogP contribution in [0.15, 0.2) is 40.9 Å². The number of nitro benzene ring substituents is 1. The van der Waals surface area contributed by atoms with Gasteiger partial charge in [0.1, 0.15) is 11.6 Å². The lowest BCUT2D eigenvalue weighted by Gasteiger charge is -2.08. The van der Waals surface area contributed by atoms with E-state index in [1.54, 1.807) is 12.1 Å². The molecule has 0 aromatic heterocycles. The molecule has 7 heteroatoms.